The highest BCUT2D eigenvalue weighted by Crippen LogP contribution is 2.25. The molecule has 0 bridgehead atoms. The number of rotatable bonds is 3. The van der Waals surface area contributed by atoms with Crippen molar-refractivity contribution in [3.8, 4) is 0 Å². The first-order valence-electron chi connectivity index (χ1n) is 3.93. The fraction of sp³-hybridized carbons (Fsp3) is 0.143. The average Bonchev–Trinajstić information content (AvgIpc) is 2.05. The minimum Gasteiger partial charge on any atom is -0.449 e. The lowest BCUT2D eigenvalue weighted by Gasteiger charge is -2.13. The maximum Gasteiger partial charge on any atom is 0.482 e. The number of nitro benzene ring substituents is 1. The monoisotopic (exact) mass is 222 g/mol. The van der Waals surface area contributed by atoms with Gasteiger partial charge >= 0.3 is 6.98 Å². The first-order chi connectivity index (χ1) is 6.79. The molecule has 1 rings (SSSR count). The van der Waals surface area contributed by atoms with Crippen LogP contribution in [0.3, 0.4) is 0 Å². The molecule has 0 aliphatic carbocycles. The summed E-state index contributed by atoms with van der Waals surface area (Å²) in [4.78, 5) is 9.31. The summed E-state index contributed by atoms with van der Waals surface area (Å²) < 4.78 is 48.7. The van der Waals surface area contributed by atoms with Gasteiger partial charge in [0, 0.05) is 5.56 Å². The fourth-order valence-corrected chi connectivity index (χ4v) is 1.13. The number of benzene rings is 1. The van der Waals surface area contributed by atoms with E-state index in [0.29, 0.717) is 6.07 Å². The molecule has 1 aromatic carbocycles. The molecule has 0 aliphatic rings. The first-order valence-corrected chi connectivity index (χ1v) is 3.93. The quantitative estimate of drug-likeness (QED) is 0.341. The van der Waals surface area contributed by atoms with Gasteiger partial charge in [-0.3, -0.25) is 10.1 Å². The van der Waals surface area contributed by atoms with Gasteiger partial charge in [-0.15, -0.1) is 0 Å². The molecular formula is C7H5BF4NO2-. The van der Waals surface area contributed by atoms with Gasteiger partial charge in [-0.25, -0.2) is 4.39 Å². The SMILES string of the molecule is O=[N+]([O-])c1cc(F)ccc1C[B-](F)(F)F. The Bertz CT molecular complexity index is 393. The fourth-order valence-electron chi connectivity index (χ4n) is 1.13. The molecule has 0 saturated carbocycles. The Kier molecular flexibility index (Phi) is 2.97. The number of nitro groups is 1. The molecule has 0 N–H and O–H groups in total. The standard InChI is InChI=1S/C7H5BF4NO2/c9-6-2-1-5(4-8(10,11)12)7(3-6)13(14)15/h1-3H,4H2/q-1. The van der Waals surface area contributed by atoms with E-state index in [1.54, 1.807) is 0 Å². The van der Waals surface area contributed by atoms with Gasteiger partial charge in [0.15, 0.2) is 0 Å². The van der Waals surface area contributed by atoms with Crippen LogP contribution in [-0.2, 0) is 6.32 Å². The van der Waals surface area contributed by atoms with Gasteiger partial charge in [0.25, 0.3) is 5.69 Å². The Morgan fingerprint density at radius 2 is 1.93 bits per heavy atom. The highest BCUT2D eigenvalue weighted by atomic mass is 19.4. The van der Waals surface area contributed by atoms with Crippen LogP contribution in [0.5, 0.6) is 0 Å². The number of hydrogen-bond donors (Lipinski definition) is 0. The predicted octanol–water partition coefficient (Wildman–Crippen LogP) is 2.66. The van der Waals surface area contributed by atoms with Crippen LogP contribution in [-0.4, -0.2) is 11.9 Å². The van der Waals surface area contributed by atoms with E-state index in [1.807, 2.05) is 0 Å². The van der Waals surface area contributed by atoms with Crippen LogP contribution in [0.4, 0.5) is 23.0 Å². The van der Waals surface area contributed by atoms with Crippen molar-refractivity contribution in [3.05, 3.63) is 39.7 Å². The van der Waals surface area contributed by atoms with Crippen LogP contribution < -0.4 is 0 Å². The Morgan fingerprint density at radius 1 is 1.33 bits per heavy atom. The first kappa shape index (κ1) is 11.5. The van der Waals surface area contributed by atoms with Gasteiger partial charge in [0.05, 0.1) is 11.0 Å². The van der Waals surface area contributed by atoms with Crippen molar-refractivity contribution in [2.24, 2.45) is 0 Å². The molecule has 0 fully saturated rings. The third-order valence-electron chi connectivity index (χ3n) is 1.70. The van der Waals surface area contributed by atoms with Gasteiger partial charge in [-0.2, -0.15) is 0 Å². The molecule has 0 aliphatic heterocycles. The zero-order chi connectivity index (χ0) is 11.6. The van der Waals surface area contributed by atoms with Gasteiger partial charge in [-0.05, 0) is 6.07 Å². The summed E-state index contributed by atoms with van der Waals surface area (Å²) in [6.07, 6.45) is -1.38. The normalized spacial score (nSPS) is 11.5. The van der Waals surface area contributed by atoms with E-state index in [0.717, 1.165) is 12.1 Å². The van der Waals surface area contributed by atoms with Crippen molar-refractivity contribution in [1.29, 1.82) is 0 Å². The molecule has 0 radical (unpaired) electrons. The molecule has 82 valence electrons. The summed E-state index contributed by atoms with van der Waals surface area (Å²) in [6, 6.07) is 2.03. The average molecular weight is 222 g/mol. The van der Waals surface area contributed by atoms with Crippen molar-refractivity contribution in [2.75, 3.05) is 0 Å². The second kappa shape index (κ2) is 3.88. The van der Waals surface area contributed by atoms with Crippen LogP contribution >= 0.6 is 0 Å². The zero-order valence-corrected chi connectivity index (χ0v) is 7.29. The van der Waals surface area contributed by atoms with E-state index in [-0.39, 0.29) is 0 Å². The van der Waals surface area contributed by atoms with Crippen molar-refractivity contribution in [3.63, 3.8) is 0 Å². The number of nitrogens with zero attached hydrogens (tertiary/aromatic N) is 1. The third-order valence-corrected chi connectivity index (χ3v) is 1.70. The Balaban J connectivity index is 3.12. The minimum absolute atomic E-state index is 0.483. The van der Waals surface area contributed by atoms with Crippen LogP contribution in [0.2, 0.25) is 0 Å². The maximum absolute atomic E-state index is 12.6. The molecule has 0 spiro atoms. The minimum atomic E-state index is -5.17. The summed E-state index contributed by atoms with van der Waals surface area (Å²) in [5.74, 6) is -0.930. The summed E-state index contributed by atoms with van der Waals surface area (Å²) in [6.45, 7) is -5.17. The third kappa shape index (κ3) is 3.23. The number of halogens is 4. The molecule has 0 amide bonds. The molecular weight excluding hydrogens is 217 g/mol. The highest BCUT2D eigenvalue weighted by Gasteiger charge is 2.27. The van der Waals surface area contributed by atoms with Gasteiger partial charge in [-0.1, -0.05) is 12.4 Å². The lowest BCUT2D eigenvalue weighted by atomic mass is 9.81. The van der Waals surface area contributed by atoms with Crippen LogP contribution in [0.25, 0.3) is 0 Å². The summed E-state index contributed by atoms with van der Waals surface area (Å²) in [7, 11) is 0. The van der Waals surface area contributed by atoms with E-state index in [2.05, 4.69) is 0 Å². The molecule has 0 saturated heterocycles. The Labute approximate surface area is 81.9 Å². The van der Waals surface area contributed by atoms with E-state index in [4.69, 9.17) is 0 Å². The predicted molar refractivity (Wildman–Crippen MR) is 45.8 cm³/mol. The summed E-state index contributed by atoms with van der Waals surface area (Å²) in [5, 5.41) is 10.3. The van der Waals surface area contributed by atoms with Crippen molar-refractivity contribution in [1.82, 2.24) is 0 Å². The molecule has 0 atom stereocenters. The van der Waals surface area contributed by atoms with E-state index < -0.39 is 35.3 Å². The second-order valence-electron chi connectivity index (χ2n) is 2.94. The Morgan fingerprint density at radius 3 is 2.40 bits per heavy atom. The molecule has 0 aromatic heterocycles. The molecule has 8 heteroatoms. The lowest BCUT2D eigenvalue weighted by molar-refractivity contribution is -0.385. The van der Waals surface area contributed by atoms with Crippen molar-refractivity contribution >= 4 is 12.7 Å². The second-order valence-corrected chi connectivity index (χ2v) is 2.94. The molecule has 1 aromatic rings. The summed E-state index contributed by atoms with van der Waals surface area (Å²) >= 11 is 0. The summed E-state index contributed by atoms with van der Waals surface area (Å²) in [5.41, 5.74) is -1.36. The maximum atomic E-state index is 12.6. The van der Waals surface area contributed by atoms with Crippen LogP contribution in [0, 0.1) is 15.9 Å². The molecule has 0 unspecified atom stereocenters. The smallest absolute Gasteiger partial charge is 0.449 e. The van der Waals surface area contributed by atoms with E-state index in [9.17, 15) is 27.5 Å². The number of hydrogen-bond acceptors (Lipinski definition) is 2. The lowest BCUT2D eigenvalue weighted by Crippen LogP contribution is -2.20. The molecule has 3 nitrogen and oxygen atoms in total. The van der Waals surface area contributed by atoms with Crippen LogP contribution in [0.15, 0.2) is 18.2 Å². The highest BCUT2D eigenvalue weighted by molar-refractivity contribution is 6.57. The van der Waals surface area contributed by atoms with E-state index >= 15 is 0 Å². The van der Waals surface area contributed by atoms with Crippen LogP contribution in [0.1, 0.15) is 5.56 Å². The molecule has 15 heavy (non-hydrogen) atoms. The van der Waals surface area contributed by atoms with Crippen molar-refractivity contribution in [2.45, 2.75) is 6.32 Å². The van der Waals surface area contributed by atoms with Crippen molar-refractivity contribution < 1.29 is 22.3 Å². The van der Waals surface area contributed by atoms with Gasteiger partial charge in [0.2, 0.25) is 0 Å². The topological polar surface area (TPSA) is 43.1 Å². The molecule has 0 heterocycles. The van der Waals surface area contributed by atoms with Gasteiger partial charge < -0.3 is 12.9 Å². The zero-order valence-electron chi connectivity index (χ0n) is 7.29. The largest absolute Gasteiger partial charge is 0.482 e. The van der Waals surface area contributed by atoms with E-state index in [1.165, 1.54) is 0 Å². The van der Waals surface area contributed by atoms with Gasteiger partial charge in [0.1, 0.15) is 5.82 Å². The Hall–Kier alpha value is -1.60.